The number of rotatable bonds is 3. The van der Waals surface area contributed by atoms with E-state index >= 15 is 0 Å². The SMILES string of the molecule is CC(C)C1CN(C(C)C)CCN1C(=O)c1cccnc1. The molecule has 4 nitrogen and oxygen atoms in total. The predicted octanol–water partition coefficient (Wildman–Crippen LogP) is 2.27. The summed E-state index contributed by atoms with van der Waals surface area (Å²) in [5.41, 5.74) is 0.691. The zero-order valence-electron chi connectivity index (χ0n) is 12.9. The highest BCUT2D eigenvalue weighted by atomic mass is 16.2. The normalized spacial score (nSPS) is 20.7. The van der Waals surface area contributed by atoms with E-state index in [-0.39, 0.29) is 11.9 Å². The highest BCUT2D eigenvalue weighted by molar-refractivity contribution is 5.94. The molecule has 0 bridgehead atoms. The molecule has 0 aliphatic carbocycles. The maximum absolute atomic E-state index is 12.7. The standard InChI is InChI=1S/C16H25N3O/c1-12(2)15-11-18(13(3)4)8-9-19(15)16(20)14-6-5-7-17-10-14/h5-7,10,12-13,15H,8-9,11H2,1-4H3. The minimum atomic E-state index is 0.111. The molecule has 1 aliphatic heterocycles. The highest BCUT2D eigenvalue weighted by Crippen LogP contribution is 2.21. The van der Waals surface area contributed by atoms with E-state index in [0.29, 0.717) is 17.5 Å². The van der Waals surface area contributed by atoms with Gasteiger partial charge in [-0.3, -0.25) is 14.7 Å². The molecule has 0 saturated carbocycles. The van der Waals surface area contributed by atoms with Crippen LogP contribution in [0.1, 0.15) is 38.1 Å². The maximum atomic E-state index is 12.7. The fraction of sp³-hybridized carbons (Fsp3) is 0.625. The predicted molar refractivity (Wildman–Crippen MR) is 80.6 cm³/mol. The maximum Gasteiger partial charge on any atom is 0.255 e. The third kappa shape index (κ3) is 3.18. The van der Waals surface area contributed by atoms with Gasteiger partial charge in [0.25, 0.3) is 5.91 Å². The van der Waals surface area contributed by atoms with Gasteiger partial charge in [-0.25, -0.2) is 0 Å². The van der Waals surface area contributed by atoms with Gasteiger partial charge in [0.2, 0.25) is 0 Å². The first-order chi connectivity index (χ1) is 9.50. The van der Waals surface area contributed by atoms with Crippen LogP contribution < -0.4 is 0 Å². The fourth-order valence-corrected chi connectivity index (χ4v) is 2.78. The molecule has 0 spiro atoms. The number of amides is 1. The van der Waals surface area contributed by atoms with Crippen LogP contribution in [0.25, 0.3) is 0 Å². The Morgan fingerprint density at radius 1 is 1.30 bits per heavy atom. The van der Waals surface area contributed by atoms with Gasteiger partial charge in [-0.1, -0.05) is 13.8 Å². The molecule has 0 N–H and O–H groups in total. The number of aromatic nitrogens is 1. The van der Waals surface area contributed by atoms with Crippen LogP contribution in [0.4, 0.5) is 0 Å². The van der Waals surface area contributed by atoms with Crippen LogP contribution in [0.2, 0.25) is 0 Å². The van der Waals surface area contributed by atoms with Crippen molar-refractivity contribution in [2.24, 2.45) is 5.92 Å². The number of hydrogen-bond acceptors (Lipinski definition) is 3. The lowest BCUT2D eigenvalue weighted by atomic mass is 9.98. The second-order valence-electron chi connectivity index (χ2n) is 6.14. The van der Waals surface area contributed by atoms with Crippen molar-refractivity contribution in [2.45, 2.75) is 39.8 Å². The van der Waals surface area contributed by atoms with Gasteiger partial charge in [0, 0.05) is 44.1 Å². The molecule has 1 aliphatic rings. The van der Waals surface area contributed by atoms with E-state index in [4.69, 9.17) is 0 Å². The molecule has 1 fully saturated rings. The van der Waals surface area contributed by atoms with Crippen LogP contribution in [0.5, 0.6) is 0 Å². The summed E-state index contributed by atoms with van der Waals surface area (Å²) in [7, 11) is 0. The first-order valence-electron chi connectivity index (χ1n) is 7.45. The van der Waals surface area contributed by atoms with Gasteiger partial charge < -0.3 is 4.90 Å². The summed E-state index contributed by atoms with van der Waals surface area (Å²) in [6, 6.07) is 4.48. The van der Waals surface area contributed by atoms with Gasteiger partial charge in [0.1, 0.15) is 0 Å². The Bertz CT molecular complexity index is 444. The van der Waals surface area contributed by atoms with E-state index in [0.717, 1.165) is 19.6 Å². The molecular weight excluding hydrogens is 250 g/mol. The van der Waals surface area contributed by atoms with Crippen molar-refractivity contribution in [1.82, 2.24) is 14.8 Å². The van der Waals surface area contributed by atoms with Gasteiger partial charge in [-0.05, 0) is 31.9 Å². The summed E-state index contributed by atoms with van der Waals surface area (Å²) >= 11 is 0. The Morgan fingerprint density at radius 3 is 2.60 bits per heavy atom. The average Bonchev–Trinajstić information content (AvgIpc) is 2.46. The molecule has 4 heteroatoms. The summed E-state index contributed by atoms with van der Waals surface area (Å²) in [6.07, 6.45) is 3.36. The number of carbonyl (C=O) groups excluding carboxylic acids is 1. The fourth-order valence-electron chi connectivity index (χ4n) is 2.78. The first kappa shape index (κ1) is 15.0. The van der Waals surface area contributed by atoms with Gasteiger partial charge in [-0.15, -0.1) is 0 Å². The summed E-state index contributed by atoms with van der Waals surface area (Å²) in [5.74, 6) is 0.567. The smallest absolute Gasteiger partial charge is 0.255 e. The van der Waals surface area contributed by atoms with Crippen molar-refractivity contribution in [3.05, 3.63) is 30.1 Å². The molecule has 1 amide bonds. The van der Waals surface area contributed by atoms with Crippen LogP contribution in [0, 0.1) is 5.92 Å². The minimum Gasteiger partial charge on any atom is -0.333 e. The van der Waals surface area contributed by atoms with E-state index in [1.807, 2.05) is 17.0 Å². The minimum absolute atomic E-state index is 0.111. The summed E-state index contributed by atoms with van der Waals surface area (Å²) in [4.78, 5) is 21.2. The second-order valence-corrected chi connectivity index (χ2v) is 6.14. The molecule has 1 aromatic rings. The van der Waals surface area contributed by atoms with Crippen molar-refractivity contribution < 1.29 is 4.79 Å². The number of carbonyl (C=O) groups is 1. The topological polar surface area (TPSA) is 36.4 Å². The quantitative estimate of drug-likeness (QED) is 0.849. The van der Waals surface area contributed by atoms with Crippen LogP contribution in [-0.4, -0.2) is 52.4 Å². The molecule has 1 saturated heterocycles. The zero-order valence-corrected chi connectivity index (χ0v) is 12.9. The van der Waals surface area contributed by atoms with Crippen molar-refractivity contribution >= 4 is 5.91 Å². The molecule has 1 unspecified atom stereocenters. The number of nitrogens with zero attached hydrogens (tertiary/aromatic N) is 3. The van der Waals surface area contributed by atoms with E-state index in [9.17, 15) is 4.79 Å². The monoisotopic (exact) mass is 275 g/mol. The van der Waals surface area contributed by atoms with Crippen molar-refractivity contribution in [3.63, 3.8) is 0 Å². The lowest BCUT2D eigenvalue weighted by Crippen LogP contribution is -2.58. The van der Waals surface area contributed by atoms with Crippen molar-refractivity contribution in [1.29, 1.82) is 0 Å². The Kier molecular flexibility index (Phi) is 4.76. The molecule has 0 radical (unpaired) electrons. The van der Waals surface area contributed by atoms with Gasteiger partial charge >= 0.3 is 0 Å². The molecular formula is C16H25N3O. The average molecular weight is 275 g/mol. The summed E-state index contributed by atoms with van der Waals surface area (Å²) < 4.78 is 0. The van der Waals surface area contributed by atoms with E-state index in [1.165, 1.54) is 0 Å². The third-order valence-corrected chi connectivity index (χ3v) is 4.12. The van der Waals surface area contributed by atoms with Crippen molar-refractivity contribution in [2.75, 3.05) is 19.6 Å². The summed E-state index contributed by atoms with van der Waals surface area (Å²) in [6.45, 7) is 11.5. The lowest BCUT2D eigenvalue weighted by Gasteiger charge is -2.44. The summed E-state index contributed by atoms with van der Waals surface area (Å²) in [5, 5.41) is 0. The van der Waals surface area contributed by atoms with Gasteiger partial charge in [-0.2, -0.15) is 0 Å². The Balaban J connectivity index is 2.16. The first-order valence-corrected chi connectivity index (χ1v) is 7.45. The molecule has 1 aromatic heterocycles. The van der Waals surface area contributed by atoms with Crippen molar-refractivity contribution in [3.8, 4) is 0 Å². The molecule has 1 atom stereocenters. The number of piperazine rings is 1. The molecule has 2 rings (SSSR count). The van der Waals surface area contributed by atoms with E-state index in [2.05, 4.69) is 37.6 Å². The Morgan fingerprint density at radius 2 is 2.05 bits per heavy atom. The number of pyridine rings is 1. The Hall–Kier alpha value is -1.42. The highest BCUT2D eigenvalue weighted by Gasteiger charge is 2.33. The van der Waals surface area contributed by atoms with Crippen LogP contribution in [0.15, 0.2) is 24.5 Å². The molecule has 110 valence electrons. The second kappa shape index (κ2) is 6.35. The zero-order chi connectivity index (χ0) is 14.7. The van der Waals surface area contributed by atoms with E-state index in [1.54, 1.807) is 12.4 Å². The van der Waals surface area contributed by atoms with Crippen LogP contribution in [-0.2, 0) is 0 Å². The van der Waals surface area contributed by atoms with Crippen LogP contribution in [0.3, 0.4) is 0 Å². The largest absolute Gasteiger partial charge is 0.333 e. The number of hydrogen-bond donors (Lipinski definition) is 0. The van der Waals surface area contributed by atoms with Crippen LogP contribution >= 0.6 is 0 Å². The Labute approximate surface area is 121 Å². The lowest BCUT2D eigenvalue weighted by molar-refractivity contribution is 0.0270. The van der Waals surface area contributed by atoms with E-state index < -0.39 is 0 Å². The van der Waals surface area contributed by atoms with Gasteiger partial charge in [0.05, 0.1) is 5.56 Å². The third-order valence-electron chi connectivity index (χ3n) is 4.12. The molecule has 0 aromatic carbocycles. The molecule has 2 heterocycles. The van der Waals surface area contributed by atoms with Gasteiger partial charge in [0.15, 0.2) is 0 Å². The molecule has 20 heavy (non-hydrogen) atoms.